The van der Waals surface area contributed by atoms with Gasteiger partial charge in [-0.05, 0) is 36.8 Å². The summed E-state index contributed by atoms with van der Waals surface area (Å²) in [5.41, 5.74) is 1.32. The van der Waals surface area contributed by atoms with E-state index >= 15 is 0 Å². The van der Waals surface area contributed by atoms with E-state index in [1.54, 1.807) is 0 Å². The van der Waals surface area contributed by atoms with Crippen LogP contribution < -0.4 is 0 Å². The van der Waals surface area contributed by atoms with Crippen molar-refractivity contribution in [1.29, 1.82) is 0 Å². The Morgan fingerprint density at radius 2 is 1.93 bits per heavy atom. The van der Waals surface area contributed by atoms with Gasteiger partial charge in [-0.15, -0.1) is 6.58 Å². The molecule has 3 aliphatic rings. The summed E-state index contributed by atoms with van der Waals surface area (Å²) in [6.07, 6.45) is 3.57. The van der Waals surface area contributed by atoms with Gasteiger partial charge in [0.05, 0.1) is 5.41 Å². The van der Waals surface area contributed by atoms with Crippen LogP contribution in [0.3, 0.4) is 0 Å². The van der Waals surface area contributed by atoms with Crippen molar-refractivity contribution in [2.45, 2.75) is 69.4 Å². The van der Waals surface area contributed by atoms with Crippen molar-refractivity contribution in [1.82, 2.24) is 4.98 Å². The molecule has 0 bridgehead atoms. The van der Waals surface area contributed by atoms with Crippen LogP contribution in [0.15, 0.2) is 43.0 Å². The van der Waals surface area contributed by atoms with Crippen LogP contribution in [-0.2, 0) is 16.4 Å². The molecule has 3 heteroatoms. The Morgan fingerprint density at radius 1 is 1.24 bits per heavy atom. The summed E-state index contributed by atoms with van der Waals surface area (Å²) < 4.78 is 0. The highest BCUT2D eigenvalue weighted by molar-refractivity contribution is 5.93. The molecule has 3 nitrogen and oxygen atoms in total. The fourth-order valence-electron chi connectivity index (χ4n) is 7.29. The molecule has 0 spiro atoms. The first-order valence-electron chi connectivity index (χ1n) is 10.6. The summed E-state index contributed by atoms with van der Waals surface area (Å²) in [4.78, 5) is 7.96. The Bertz CT molecular complexity index is 1160. The van der Waals surface area contributed by atoms with E-state index in [9.17, 15) is 5.11 Å². The standard InChI is InChI=1S/C26H30N2O/c1-9-24(7)14-13-18-23(5,6)16-11-10-12-17-19(16)20-21(28-17)22(3,4)15(2)26(24,27-8)25(18,20)29/h9-12,18,28-29H,1-2,13-14H2,3-7H3. The van der Waals surface area contributed by atoms with Gasteiger partial charge in [-0.25, -0.2) is 6.57 Å². The Morgan fingerprint density at radius 3 is 2.55 bits per heavy atom. The highest BCUT2D eigenvalue weighted by Crippen LogP contribution is 2.73. The first-order valence-corrected chi connectivity index (χ1v) is 10.6. The van der Waals surface area contributed by atoms with Crippen LogP contribution in [0, 0.1) is 17.9 Å². The number of nitrogens with one attached hydrogen (secondary N) is 1. The molecule has 1 aromatic carbocycles. The average Bonchev–Trinajstić information content (AvgIpc) is 3.07. The molecular formula is C26H30N2O. The molecule has 0 saturated heterocycles. The molecule has 1 aromatic heterocycles. The predicted molar refractivity (Wildman–Crippen MR) is 118 cm³/mol. The van der Waals surface area contributed by atoms with Crippen molar-refractivity contribution < 1.29 is 5.11 Å². The third kappa shape index (κ3) is 1.57. The number of hydrogen-bond donors (Lipinski definition) is 2. The normalized spacial score (nSPS) is 38.5. The third-order valence-corrected chi connectivity index (χ3v) is 9.04. The molecule has 1 heterocycles. The van der Waals surface area contributed by atoms with E-state index in [0.717, 1.165) is 40.6 Å². The lowest BCUT2D eigenvalue weighted by atomic mass is 9.38. The first-order chi connectivity index (χ1) is 13.4. The van der Waals surface area contributed by atoms with Crippen LogP contribution in [0.4, 0.5) is 0 Å². The lowest BCUT2D eigenvalue weighted by Crippen LogP contribution is -2.72. The van der Waals surface area contributed by atoms with Crippen molar-refractivity contribution >= 4 is 10.9 Å². The predicted octanol–water partition coefficient (Wildman–Crippen LogP) is 5.75. The zero-order valence-corrected chi connectivity index (χ0v) is 18.1. The van der Waals surface area contributed by atoms with Crippen LogP contribution in [0.25, 0.3) is 15.7 Å². The molecule has 3 aliphatic carbocycles. The van der Waals surface area contributed by atoms with Gasteiger partial charge in [0.1, 0.15) is 0 Å². The molecule has 150 valence electrons. The maximum atomic E-state index is 12.9. The molecule has 4 unspecified atom stereocenters. The maximum Gasteiger partial charge on any atom is 0.295 e. The number of aromatic amines is 1. The Balaban J connectivity index is 2.09. The molecule has 2 N–H and O–H groups in total. The fourth-order valence-corrected chi connectivity index (χ4v) is 7.29. The molecule has 0 aliphatic heterocycles. The van der Waals surface area contributed by atoms with Gasteiger partial charge < -0.3 is 14.9 Å². The number of rotatable bonds is 1. The second-order valence-electron chi connectivity index (χ2n) is 10.7. The van der Waals surface area contributed by atoms with E-state index < -0.39 is 22.0 Å². The van der Waals surface area contributed by atoms with Crippen molar-refractivity contribution in [2.24, 2.45) is 11.3 Å². The van der Waals surface area contributed by atoms with Gasteiger partial charge in [-0.1, -0.05) is 52.5 Å². The fraction of sp³-hybridized carbons (Fsp3) is 0.500. The number of benzene rings is 1. The van der Waals surface area contributed by atoms with Gasteiger partial charge in [-0.2, -0.15) is 0 Å². The molecular weight excluding hydrogens is 356 g/mol. The molecule has 2 aromatic rings. The minimum absolute atomic E-state index is 0.0716. The van der Waals surface area contributed by atoms with Gasteiger partial charge in [0.15, 0.2) is 5.60 Å². The zero-order valence-electron chi connectivity index (χ0n) is 18.1. The van der Waals surface area contributed by atoms with E-state index in [0.29, 0.717) is 0 Å². The second kappa shape index (κ2) is 4.87. The summed E-state index contributed by atoms with van der Waals surface area (Å²) in [5, 5.41) is 14.0. The summed E-state index contributed by atoms with van der Waals surface area (Å²) in [6.45, 7) is 28.0. The number of nitrogens with zero attached hydrogens (tertiary/aromatic N) is 1. The summed E-state index contributed by atoms with van der Waals surface area (Å²) >= 11 is 0. The zero-order chi connectivity index (χ0) is 21.2. The largest absolute Gasteiger partial charge is 0.376 e. The SMILES string of the molecule is [C-]#[N+]C12C(=C)C(C)(C)c3[nH]c4cccc5c4c3C1(O)C(CCC2(C)C=C)C5(C)C. The topological polar surface area (TPSA) is 40.4 Å². The number of aliphatic hydroxyl groups is 1. The Labute approximate surface area is 173 Å². The number of hydrogen-bond acceptors (Lipinski definition) is 1. The van der Waals surface area contributed by atoms with Gasteiger partial charge in [0.2, 0.25) is 0 Å². The van der Waals surface area contributed by atoms with Crippen LogP contribution in [0.2, 0.25) is 0 Å². The average molecular weight is 387 g/mol. The molecule has 5 rings (SSSR count). The van der Waals surface area contributed by atoms with Crippen LogP contribution in [-0.4, -0.2) is 15.6 Å². The minimum Gasteiger partial charge on any atom is -0.376 e. The smallest absolute Gasteiger partial charge is 0.295 e. The summed E-state index contributed by atoms with van der Waals surface area (Å²) in [6, 6.07) is 6.39. The van der Waals surface area contributed by atoms with E-state index in [1.165, 1.54) is 5.56 Å². The molecule has 0 amide bonds. The van der Waals surface area contributed by atoms with Gasteiger partial charge in [0, 0.05) is 39.1 Å². The number of aromatic nitrogens is 1. The van der Waals surface area contributed by atoms with Crippen LogP contribution in [0.1, 0.15) is 64.3 Å². The van der Waals surface area contributed by atoms with Gasteiger partial charge in [0.25, 0.3) is 5.54 Å². The maximum absolute atomic E-state index is 12.9. The summed E-state index contributed by atoms with van der Waals surface area (Å²) in [7, 11) is 0. The molecule has 29 heavy (non-hydrogen) atoms. The summed E-state index contributed by atoms with van der Waals surface area (Å²) in [5.74, 6) is -0.0716. The van der Waals surface area contributed by atoms with Gasteiger partial charge >= 0.3 is 0 Å². The molecule has 0 radical (unpaired) electrons. The quantitative estimate of drug-likeness (QED) is 0.475. The van der Waals surface area contributed by atoms with Crippen molar-refractivity contribution in [3.63, 3.8) is 0 Å². The lowest BCUT2D eigenvalue weighted by Gasteiger charge is -2.64. The van der Waals surface area contributed by atoms with Crippen LogP contribution in [0.5, 0.6) is 0 Å². The van der Waals surface area contributed by atoms with Crippen LogP contribution >= 0.6 is 0 Å². The molecule has 1 saturated carbocycles. The van der Waals surface area contributed by atoms with E-state index in [2.05, 4.69) is 75.8 Å². The first kappa shape index (κ1) is 18.7. The molecule has 4 atom stereocenters. The van der Waals surface area contributed by atoms with E-state index in [4.69, 9.17) is 6.57 Å². The monoisotopic (exact) mass is 386 g/mol. The third-order valence-electron chi connectivity index (χ3n) is 9.04. The molecule has 1 fully saturated rings. The van der Waals surface area contributed by atoms with Crippen molar-refractivity contribution in [2.75, 3.05) is 0 Å². The van der Waals surface area contributed by atoms with Gasteiger partial charge in [-0.3, -0.25) is 0 Å². The van der Waals surface area contributed by atoms with Crippen molar-refractivity contribution in [3.8, 4) is 0 Å². The lowest BCUT2D eigenvalue weighted by molar-refractivity contribution is -0.156. The minimum atomic E-state index is -1.31. The Kier molecular flexibility index (Phi) is 3.14. The van der Waals surface area contributed by atoms with Crippen molar-refractivity contribution in [3.05, 3.63) is 71.2 Å². The Hall–Kier alpha value is -2.31. The van der Waals surface area contributed by atoms with E-state index in [-0.39, 0.29) is 11.3 Å². The highest BCUT2D eigenvalue weighted by atomic mass is 16.3. The second-order valence-corrected chi connectivity index (χ2v) is 10.7. The van der Waals surface area contributed by atoms with E-state index in [1.807, 2.05) is 6.08 Å². The number of H-pyrrole nitrogens is 1. The highest BCUT2D eigenvalue weighted by Gasteiger charge is 2.80.